The number of hydrogen-bond donors (Lipinski definition) is 0. The molecule has 0 bridgehead atoms. The van der Waals surface area contributed by atoms with E-state index in [0.717, 1.165) is 50.1 Å². The number of amides is 1. The highest BCUT2D eigenvalue weighted by molar-refractivity contribution is 7.13. The number of halogens is 1. The zero-order valence-corrected chi connectivity index (χ0v) is 20.8. The third-order valence-corrected chi connectivity index (χ3v) is 6.56. The molecule has 0 atom stereocenters. The molecule has 1 aromatic carbocycles. The van der Waals surface area contributed by atoms with Gasteiger partial charge in [0.2, 0.25) is 5.91 Å². The van der Waals surface area contributed by atoms with Crippen molar-refractivity contribution in [2.24, 2.45) is 5.41 Å². The standard InChI is InChI=1S/C24H36FN5OS/c1-24(2,3)22(31)30(21-9-7-19(25)8-10-21)17-20-18-32-23(26-20)29-15-13-28(14-16-29)12-6-11-27(4)5/h7-10,18H,6,11-17H2,1-5H3. The van der Waals surface area contributed by atoms with E-state index in [2.05, 4.69) is 28.8 Å². The molecule has 1 saturated heterocycles. The topological polar surface area (TPSA) is 42.9 Å². The van der Waals surface area contributed by atoms with E-state index in [4.69, 9.17) is 4.98 Å². The summed E-state index contributed by atoms with van der Waals surface area (Å²) in [5.41, 5.74) is 1.00. The SMILES string of the molecule is CN(C)CCCN1CCN(c2nc(CN(C(=O)C(C)(C)C)c3ccc(F)cc3)cs2)CC1. The molecule has 1 amide bonds. The van der Waals surface area contributed by atoms with Gasteiger partial charge in [0.1, 0.15) is 5.82 Å². The first-order chi connectivity index (χ1) is 15.1. The summed E-state index contributed by atoms with van der Waals surface area (Å²) in [6.45, 7) is 12.4. The lowest BCUT2D eigenvalue weighted by Gasteiger charge is -2.34. The largest absolute Gasteiger partial charge is 0.346 e. The van der Waals surface area contributed by atoms with Crippen LogP contribution in [0.5, 0.6) is 0 Å². The molecule has 0 N–H and O–H groups in total. The lowest BCUT2D eigenvalue weighted by molar-refractivity contribution is -0.125. The molecule has 0 saturated carbocycles. The molecule has 1 fully saturated rings. The zero-order valence-electron chi connectivity index (χ0n) is 20.0. The minimum absolute atomic E-state index is 0.00926. The Morgan fingerprint density at radius 2 is 1.78 bits per heavy atom. The highest BCUT2D eigenvalue weighted by Gasteiger charge is 2.29. The minimum atomic E-state index is -0.545. The van der Waals surface area contributed by atoms with Gasteiger partial charge in [-0.2, -0.15) is 0 Å². The summed E-state index contributed by atoms with van der Waals surface area (Å²) in [5, 5.41) is 3.04. The molecule has 2 heterocycles. The Hall–Kier alpha value is -2.03. The fourth-order valence-corrected chi connectivity index (χ4v) is 4.63. The second-order valence-corrected chi connectivity index (χ2v) is 10.6. The molecule has 0 radical (unpaired) electrons. The van der Waals surface area contributed by atoms with Gasteiger partial charge < -0.3 is 14.7 Å². The van der Waals surface area contributed by atoms with Crippen molar-refractivity contribution >= 4 is 28.1 Å². The quantitative estimate of drug-likeness (QED) is 0.596. The first-order valence-corrected chi connectivity index (χ1v) is 12.2. The van der Waals surface area contributed by atoms with Gasteiger partial charge in [-0.15, -0.1) is 11.3 Å². The Bertz CT molecular complexity index is 869. The van der Waals surface area contributed by atoms with E-state index >= 15 is 0 Å². The van der Waals surface area contributed by atoms with Crippen LogP contribution in [0, 0.1) is 11.2 Å². The second kappa shape index (κ2) is 10.7. The Balaban J connectivity index is 1.63. The van der Waals surface area contributed by atoms with Gasteiger partial charge in [0.15, 0.2) is 5.13 Å². The second-order valence-electron chi connectivity index (χ2n) is 9.72. The molecule has 32 heavy (non-hydrogen) atoms. The van der Waals surface area contributed by atoms with Crippen molar-refractivity contribution in [1.29, 1.82) is 0 Å². The number of carbonyl (C=O) groups is 1. The van der Waals surface area contributed by atoms with Crippen molar-refractivity contribution in [3.63, 3.8) is 0 Å². The maximum Gasteiger partial charge on any atom is 0.232 e. The average Bonchev–Trinajstić information content (AvgIpc) is 3.20. The fourth-order valence-electron chi connectivity index (χ4n) is 3.76. The van der Waals surface area contributed by atoms with Crippen molar-refractivity contribution < 1.29 is 9.18 Å². The Morgan fingerprint density at radius 3 is 2.38 bits per heavy atom. The molecule has 1 aromatic heterocycles. The van der Waals surface area contributed by atoms with Crippen LogP contribution in [0.4, 0.5) is 15.2 Å². The van der Waals surface area contributed by atoms with E-state index < -0.39 is 5.41 Å². The molecule has 0 unspecified atom stereocenters. The fraction of sp³-hybridized carbons (Fsp3) is 0.583. The number of thiazole rings is 1. The molecule has 0 spiro atoms. The van der Waals surface area contributed by atoms with E-state index in [9.17, 15) is 9.18 Å². The van der Waals surface area contributed by atoms with E-state index in [1.807, 2.05) is 26.2 Å². The third-order valence-electron chi connectivity index (χ3n) is 5.61. The number of nitrogens with zero attached hydrogens (tertiary/aromatic N) is 5. The predicted molar refractivity (Wildman–Crippen MR) is 131 cm³/mol. The molecule has 176 valence electrons. The molecule has 8 heteroatoms. The van der Waals surface area contributed by atoms with E-state index in [1.54, 1.807) is 28.4 Å². The Morgan fingerprint density at radius 1 is 1.12 bits per heavy atom. The van der Waals surface area contributed by atoms with Crippen molar-refractivity contribution in [1.82, 2.24) is 14.8 Å². The van der Waals surface area contributed by atoms with Gasteiger partial charge in [-0.25, -0.2) is 9.37 Å². The summed E-state index contributed by atoms with van der Waals surface area (Å²) in [4.78, 5) is 26.8. The number of hydrogen-bond acceptors (Lipinski definition) is 6. The summed E-state index contributed by atoms with van der Waals surface area (Å²) in [7, 11) is 4.23. The Kier molecular flexibility index (Phi) is 8.25. The van der Waals surface area contributed by atoms with Gasteiger partial charge in [0.25, 0.3) is 0 Å². The lowest BCUT2D eigenvalue weighted by Crippen LogP contribution is -2.47. The van der Waals surface area contributed by atoms with Gasteiger partial charge in [-0.1, -0.05) is 20.8 Å². The summed E-state index contributed by atoms with van der Waals surface area (Å²) in [6.07, 6.45) is 1.19. The monoisotopic (exact) mass is 461 g/mol. The summed E-state index contributed by atoms with van der Waals surface area (Å²) >= 11 is 1.63. The molecule has 3 rings (SSSR count). The van der Waals surface area contributed by atoms with Crippen LogP contribution < -0.4 is 9.80 Å². The van der Waals surface area contributed by atoms with E-state index in [1.165, 1.54) is 18.6 Å². The molecular weight excluding hydrogens is 425 g/mol. The molecule has 0 aliphatic carbocycles. The van der Waals surface area contributed by atoms with Gasteiger partial charge in [0.05, 0.1) is 12.2 Å². The third kappa shape index (κ3) is 6.73. The molecular formula is C24H36FN5OS. The van der Waals surface area contributed by atoms with Crippen molar-refractivity contribution in [3.05, 3.63) is 41.2 Å². The average molecular weight is 462 g/mol. The first kappa shape index (κ1) is 24.6. The van der Waals surface area contributed by atoms with E-state index in [-0.39, 0.29) is 11.7 Å². The highest BCUT2D eigenvalue weighted by Crippen LogP contribution is 2.28. The molecule has 1 aliphatic rings. The van der Waals surface area contributed by atoms with Gasteiger partial charge in [-0.05, 0) is 57.9 Å². The Labute approximate surface area is 195 Å². The normalized spacial score (nSPS) is 15.4. The number of anilines is 2. The number of benzene rings is 1. The van der Waals surface area contributed by atoms with Crippen LogP contribution in [0.2, 0.25) is 0 Å². The van der Waals surface area contributed by atoms with Crippen LogP contribution in [0.1, 0.15) is 32.9 Å². The molecule has 1 aliphatic heterocycles. The number of carbonyl (C=O) groups excluding carboxylic acids is 1. The van der Waals surface area contributed by atoms with Crippen molar-refractivity contribution in [2.75, 3.05) is 63.2 Å². The molecule has 2 aromatic rings. The summed E-state index contributed by atoms with van der Waals surface area (Å²) < 4.78 is 13.4. The van der Waals surface area contributed by atoms with Gasteiger partial charge in [0, 0.05) is 42.7 Å². The highest BCUT2D eigenvalue weighted by atomic mass is 32.1. The smallest absolute Gasteiger partial charge is 0.232 e. The van der Waals surface area contributed by atoms with Crippen LogP contribution in [-0.2, 0) is 11.3 Å². The van der Waals surface area contributed by atoms with E-state index in [0.29, 0.717) is 12.2 Å². The summed E-state index contributed by atoms with van der Waals surface area (Å²) in [5.74, 6) is -0.321. The van der Waals surface area contributed by atoms with Crippen LogP contribution >= 0.6 is 11.3 Å². The van der Waals surface area contributed by atoms with Crippen LogP contribution in [0.3, 0.4) is 0 Å². The predicted octanol–water partition coefficient (Wildman–Crippen LogP) is 3.94. The maximum atomic E-state index is 13.4. The number of aromatic nitrogens is 1. The van der Waals surface area contributed by atoms with Crippen LogP contribution in [0.15, 0.2) is 29.6 Å². The van der Waals surface area contributed by atoms with Crippen molar-refractivity contribution in [2.45, 2.75) is 33.7 Å². The van der Waals surface area contributed by atoms with Crippen molar-refractivity contribution in [3.8, 4) is 0 Å². The minimum Gasteiger partial charge on any atom is -0.346 e. The van der Waals surface area contributed by atoms with Crippen LogP contribution in [0.25, 0.3) is 0 Å². The number of rotatable bonds is 8. The first-order valence-electron chi connectivity index (χ1n) is 11.3. The number of piperazine rings is 1. The van der Waals surface area contributed by atoms with Crippen LogP contribution in [-0.4, -0.2) is 74.1 Å². The van der Waals surface area contributed by atoms with Gasteiger partial charge >= 0.3 is 0 Å². The summed E-state index contributed by atoms with van der Waals surface area (Å²) in [6, 6.07) is 6.09. The maximum absolute atomic E-state index is 13.4. The van der Waals surface area contributed by atoms with Gasteiger partial charge in [-0.3, -0.25) is 9.69 Å². The molecule has 6 nitrogen and oxygen atoms in total. The lowest BCUT2D eigenvalue weighted by atomic mass is 9.94. The zero-order chi connectivity index (χ0) is 23.3.